The van der Waals surface area contributed by atoms with Crippen LogP contribution in [0.4, 0.5) is 0 Å². The number of ketones is 1. The van der Waals surface area contributed by atoms with Crippen molar-refractivity contribution in [2.45, 2.75) is 33.1 Å². The van der Waals surface area contributed by atoms with Gasteiger partial charge in [0, 0.05) is 12.3 Å². The Balaban J connectivity index is 4.11. The first-order valence-electron chi connectivity index (χ1n) is 5.69. The fourth-order valence-electron chi connectivity index (χ4n) is 1.10. The van der Waals surface area contributed by atoms with E-state index in [0.717, 1.165) is 18.6 Å². The SMILES string of the molecule is CCCC=C(C=CCC(=O)C(C)CO)OC. The van der Waals surface area contributed by atoms with Gasteiger partial charge in [0.25, 0.3) is 0 Å². The lowest BCUT2D eigenvalue weighted by Gasteiger charge is -2.03. The molecule has 0 aromatic carbocycles. The second kappa shape index (κ2) is 9.16. The Morgan fingerprint density at radius 1 is 1.50 bits per heavy atom. The highest BCUT2D eigenvalue weighted by Gasteiger charge is 2.08. The molecule has 1 N–H and O–H groups in total. The molecule has 0 amide bonds. The van der Waals surface area contributed by atoms with Gasteiger partial charge in [-0.25, -0.2) is 0 Å². The van der Waals surface area contributed by atoms with Crippen molar-refractivity contribution in [3.05, 3.63) is 24.0 Å². The monoisotopic (exact) mass is 226 g/mol. The first-order valence-corrected chi connectivity index (χ1v) is 5.69. The van der Waals surface area contributed by atoms with E-state index in [1.165, 1.54) is 0 Å². The van der Waals surface area contributed by atoms with Crippen molar-refractivity contribution in [3.8, 4) is 0 Å². The van der Waals surface area contributed by atoms with Gasteiger partial charge in [-0.3, -0.25) is 4.79 Å². The molecule has 0 fully saturated rings. The summed E-state index contributed by atoms with van der Waals surface area (Å²) >= 11 is 0. The van der Waals surface area contributed by atoms with Crippen LogP contribution in [0.5, 0.6) is 0 Å². The van der Waals surface area contributed by atoms with E-state index in [-0.39, 0.29) is 18.3 Å². The van der Waals surface area contributed by atoms with Gasteiger partial charge in [0.1, 0.15) is 11.5 Å². The molecule has 3 nitrogen and oxygen atoms in total. The summed E-state index contributed by atoms with van der Waals surface area (Å²) in [7, 11) is 1.62. The standard InChI is InChI=1S/C13H22O3/c1-4-5-7-12(16-3)8-6-9-13(15)11(2)10-14/h6-8,11,14H,4-5,9-10H2,1-3H3. The topological polar surface area (TPSA) is 46.5 Å². The molecule has 92 valence electrons. The molecular formula is C13H22O3. The molecule has 1 unspecified atom stereocenters. The van der Waals surface area contributed by atoms with Crippen LogP contribution in [0.1, 0.15) is 33.1 Å². The van der Waals surface area contributed by atoms with Crippen molar-refractivity contribution >= 4 is 5.78 Å². The average Bonchev–Trinajstić information content (AvgIpc) is 2.32. The van der Waals surface area contributed by atoms with E-state index in [2.05, 4.69) is 6.92 Å². The lowest BCUT2D eigenvalue weighted by Crippen LogP contribution is -2.13. The number of methoxy groups -OCH3 is 1. The maximum absolute atomic E-state index is 11.4. The molecule has 1 atom stereocenters. The smallest absolute Gasteiger partial charge is 0.141 e. The predicted octanol–water partition coefficient (Wildman–Crippen LogP) is 2.46. The maximum atomic E-state index is 11.4. The third-order valence-electron chi connectivity index (χ3n) is 2.29. The summed E-state index contributed by atoms with van der Waals surface area (Å²) in [5, 5.41) is 8.80. The quantitative estimate of drug-likeness (QED) is 0.511. The summed E-state index contributed by atoms with van der Waals surface area (Å²) in [6, 6.07) is 0. The van der Waals surface area contributed by atoms with Crippen molar-refractivity contribution in [1.82, 2.24) is 0 Å². The normalized spacial score (nSPS) is 14.1. The number of carbonyl (C=O) groups excluding carboxylic acids is 1. The van der Waals surface area contributed by atoms with Gasteiger partial charge in [0.05, 0.1) is 13.7 Å². The summed E-state index contributed by atoms with van der Waals surface area (Å²) in [6.07, 6.45) is 7.96. The van der Waals surface area contributed by atoms with Gasteiger partial charge >= 0.3 is 0 Å². The number of Topliss-reactive ketones (excluding diaryl/α,β-unsaturated/α-hetero) is 1. The zero-order valence-electron chi connectivity index (χ0n) is 10.4. The first kappa shape index (κ1) is 14.9. The second-order valence-corrected chi connectivity index (χ2v) is 3.76. The maximum Gasteiger partial charge on any atom is 0.141 e. The minimum Gasteiger partial charge on any atom is -0.497 e. The molecule has 0 rings (SSSR count). The molecule has 0 aliphatic carbocycles. The Bertz CT molecular complexity index is 254. The summed E-state index contributed by atoms with van der Waals surface area (Å²) < 4.78 is 5.13. The molecule has 0 bridgehead atoms. The van der Waals surface area contributed by atoms with Crippen LogP contribution < -0.4 is 0 Å². The Hall–Kier alpha value is -1.09. The lowest BCUT2D eigenvalue weighted by atomic mass is 10.1. The van der Waals surface area contributed by atoms with Crippen LogP contribution in [0.2, 0.25) is 0 Å². The molecule has 0 radical (unpaired) electrons. The van der Waals surface area contributed by atoms with E-state index in [0.29, 0.717) is 6.42 Å². The zero-order chi connectivity index (χ0) is 12.4. The molecule has 0 saturated heterocycles. The molecule has 3 heteroatoms. The summed E-state index contributed by atoms with van der Waals surface area (Å²) in [5.41, 5.74) is 0. The Morgan fingerprint density at radius 3 is 2.69 bits per heavy atom. The third kappa shape index (κ3) is 6.40. The van der Waals surface area contributed by atoms with Crippen LogP contribution in [0, 0.1) is 5.92 Å². The van der Waals surface area contributed by atoms with Gasteiger partial charge in [-0.1, -0.05) is 26.3 Å². The van der Waals surface area contributed by atoms with Crippen LogP contribution in [0.25, 0.3) is 0 Å². The van der Waals surface area contributed by atoms with E-state index in [1.54, 1.807) is 26.2 Å². The Morgan fingerprint density at radius 2 is 2.19 bits per heavy atom. The molecule has 16 heavy (non-hydrogen) atoms. The fourth-order valence-corrected chi connectivity index (χ4v) is 1.10. The number of hydrogen-bond acceptors (Lipinski definition) is 3. The number of hydrogen-bond donors (Lipinski definition) is 1. The van der Waals surface area contributed by atoms with Gasteiger partial charge in [-0.15, -0.1) is 0 Å². The molecule has 0 saturated carbocycles. The second-order valence-electron chi connectivity index (χ2n) is 3.76. The third-order valence-corrected chi connectivity index (χ3v) is 2.29. The van der Waals surface area contributed by atoms with E-state index in [1.807, 2.05) is 6.08 Å². The molecule has 0 aliphatic heterocycles. The zero-order valence-corrected chi connectivity index (χ0v) is 10.4. The molecule has 0 aromatic heterocycles. The van der Waals surface area contributed by atoms with Gasteiger partial charge in [-0.05, 0) is 18.6 Å². The largest absolute Gasteiger partial charge is 0.497 e. The van der Waals surface area contributed by atoms with E-state index in [4.69, 9.17) is 9.84 Å². The first-order chi connectivity index (χ1) is 7.65. The molecule has 0 spiro atoms. The number of unbranched alkanes of at least 4 members (excludes halogenated alkanes) is 1. The Kier molecular flexibility index (Phi) is 8.53. The van der Waals surface area contributed by atoms with Crippen LogP contribution in [-0.4, -0.2) is 24.6 Å². The number of rotatable bonds is 8. The minimum atomic E-state index is -0.282. The van der Waals surface area contributed by atoms with Crippen LogP contribution in [0.15, 0.2) is 24.0 Å². The van der Waals surface area contributed by atoms with Crippen molar-refractivity contribution < 1.29 is 14.6 Å². The van der Waals surface area contributed by atoms with E-state index < -0.39 is 0 Å². The molecule has 0 aromatic rings. The van der Waals surface area contributed by atoms with E-state index >= 15 is 0 Å². The van der Waals surface area contributed by atoms with Crippen molar-refractivity contribution in [2.75, 3.05) is 13.7 Å². The van der Waals surface area contributed by atoms with Gasteiger partial charge in [0.2, 0.25) is 0 Å². The van der Waals surface area contributed by atoms with Crippen molar-refractivity contribution in [2.24, 2.45) is 5.92 Å². The summed E-state index contributed by atoms with van der Waals surface area (Å²) in [6.45, 7) is 3.73. The van der Waals surface area contributed by atoms with Gasteiger partial charge in [-0.2, -0.15) is 0 Å². The molecule has 0 heterocycles. The highest BCUT2D eigenvalue weighted by Crippen LogP contribution is 2.05. The molecule has 0 aliphatic rings. The highest BCUT2D eigenvalue weighted by molar-refractivity contribution is 5.82. The summed E-state index contributed by atoms with van der Waals surface area (Å²) in [5.74, 6) is 0.547. The van der Waals surface area contributed by atoms with Crippen LogP contribution >= 0.6 is 0 Å². The number of aliphatic hydroxyl groups is 1. The number of carbonyl (C=O) groups is 1. The average molecular weight is 226 g/mol. The fraction of sp³-hybridized carbons (Fsp3) is 0.615. The highest BCUT2D eigenvalue weighted by atomic mass is 16.5. The number of ether oxygens (including phenoxy) is 1. The van der Waals surface area contributed by atoms with Crippen molar-refractivity contribution in [1.29, 1.82) is 0 Å². The van der Waals surface area contributed by atoms with Gasteiger partial charge in [0.15, 0.2) is 0 Å². The Labute approximate surface area is 97.8 Å². The summed E-state index contributed by atoms with van der Waals surface area (Å²) in [4.78, 5) is 11.4. The molecular weight excluding hydrogens is 204 g/mol. The predicted molar refractivity (Wildman–Crippen MR) is 65.0 cm³/mol. The van der Waals surface area contributed by atoms with E-state index in [9.17, 15) is 4.79 Å². The van der Waals surface area contributed by atoms with Crippen LogP contribution in [0.3, 0.4) is 0 Å². The number of allylic oxidation sites excluding steroid dienone is 3. The van der Waals surface area contributed by atoms with Crippen LogP contribution in [-0.2, 0) is 9.53 Å². The lowest BCUT2D eigenvalue weighted by molar-refractivity contribution is -0.122. The van der Waals surface area contributed by atoms with Gasteiger partial charge < -0.3 is 9.84 Å². The van der Waals surface area contributed by atoms with Crippen molar-refractivity contribution in [3.63, 3.8) is 0 Å². The number of aliphatic hydroxyl groups excluding tert-OH is 1. The minimum absolute atomic E-state index is 0.0460.